The fourth-order valence-corrected chi connectivity index (χ4v) is 4.37. The summed E-state index contributed by atoms with van der Waals surface area (Å²) in [5.41, 5.74) is 0.834. The number of furan rings is 1. The molecule has 26 heavy (non-hydrogen) atoms. The number of hydrogen-bond acceptors (Lipinski definition) is 6. The Morgan fingerprint density at radius 2 is 2.15 bits per heavy atom. The zero-order valence-electron chi connectivity index (χ0n) is 15.1. The summed E-state index contributed by atoms with van der Waals surface area (Å²) in [5.74, 6) is 0.930. The standard InChI is InChI=1S/C20H21NO4S/c1-4-23-19(22)18-12(2)24-16-7-6-14(10-15(16)18)25-20(8-5-9-20)17-11-21-13(3)26-17/h6-7,10-11H,4-5,8-9H2,1-3H3. The molecule has 0 radical (unpaired) electrons. The molecule has 0 bridgehead atoms. The van der Waals surface area contributed by atoms with Gasteiger partial charge in [0.2, 0.25) is 0 Å². The van der Waals surface area contributed by atoms with Crippen molar-refractivity contribution in [3.63, 3.8) is 0 Å². The Balaban J connectivity index is 1.71. The zero-order valence-corrected chi connectivity index (χ0v) is 15.9. The second-order valence-electron chi connectivity index (χ2n) is 6.61. The van der Waals surface area contributed by atoms with Crippen LogP contribution in [0.3, 0.4) is 0 Å². The number of hydrogen-bond donors (Lipinski definition) is 0. The van der Waals surface area contributed by atoms with E-state index in [2.05, 4.69) is 4.98 Å². The van der Waals surface area contributed by atoms with E-state index in [1.54, 1.807) is 25.2 Å². The maximum absolute atomic E-state index is 12.3. The number of benzene rings is 1. The lowest BCUT2D eigenvalue weighted by Crippen LogP contribution is -2.39. The Kier molecular flexibility index (Phi) is 4.23. The number of carbonyl (C=O) groups excluding carboxylic acids is 1. The third-order valence-corrected chi connectivity index (χ3v) is 5.96. The van der Waals surface area contributed by atoms with Gasteiger partial charge in [0.05, 0.1) is 16.5 Å². The summed E-state index contributed by atoms with van der Waals surface area (Å²) in [6.07, 6.45) is 5.01. The molecule has 5 nitrogen and oxygen atoms in total. The van der Waals surface area contributed by atoms with Crippen LogP contribution in [-0.4, -0.2) is 17.6 Å². The van der Waals surface area contributed by atoms with E-state index in [-0.39, 0.29) is 11.6 Å². The molecule has 1 aliphatic rings. The maximum Gasteiger partial charge on any atom is 0.342 e. The largest absolute Gasteiger partial charge is 0.482 e. The van der Waals surface area contributed by atoms with Gasteiger partial charge in [-0.05, 0) is 58.2 Å². The molecule has 0 spiro atoms. The van der Waals surface area contributed by atoms with Gasteiger partial charge in [-0.1, -0.05) is 0 Å². The minimum Gasteiger partial charge on any atom is -0.482 e. The molecule has 1 aliphatic carbocycles. The number of nitrogens with zero attached hydrogens (tertiary/aromatic N) is 1. The number of esters is 1. The lowest BCUT2D eigenvalue weighted by Gasteiger charge is -2.40. The Labute approximate surface area is 155 Å². The molecule has 3 aromatic rings. The number of carbonyl (C=O) groups is 1. The van der Waals surface area contributed by atoms with Gasteiger partial charge in [0.25, 0.3) is 0 Å². The molecule has 1 saturated carbocycles. The van der Waals surface area contributed by atoms with Gasteiger partial charge in [0.15, 0.2) is 0 Å². The monoisotopic (exact) mass is 371 g/mol. The van der Waals surface area contributed by atoms with Crippen LogP contribution in [0.25, 0.3) is 11.0 Å². The van der Waals surface area contributed by atoms with Crippen molar-refractivity contribution in [2.24, 2.45) is 0 Å². The van der Waals surface area contributed by atoms with Gasteiger partial charge in [0, 0.05) is 11.6 Å². The molecular formula is C20H21NO4S. The number of aryl methyl sites for hydroxylation is 2. The molecule has 4 rings (SSSR count). The van der Waals surface area contributed by atoms with E-state index in [0.29, 0.717) is 23.5 Å². The van der Waals surface area contributed by atoms with Crippen molar-refractivity contribution < 1.29 is 18.7 Å². The lowest BCUT2D eigenvalue weighted by molar-refractivity contribution is -0.00879. The highest BCUT2D eigenvalue weighted by Gasteiger charge is 2.43. The molecule has 0 amide bonds. The first kappa shape index (κ1) is 17.1. The van der Waals surface area contributed by atoms with Gasteiger partial charge in [-0.25, -0.2) is 9.78 Å². The fraction of sp³-hybridized carbons (Fsp3) is 0.400. The van der Waals surface area contributed by atoms with Gasteiger partial charge in [-0.3, -0.25) is 0 Å². The van der Waals surface area contributed by atoms with E-state index in [1.807, 2.05) is 31.3 Å². The van der Waals surface area contributed by atoms with Gasteiger partial charge in [-0.15, -0.1) is 11.3 Å². The summed E-state index contributed by atoms with van der Waals surface area (Å²) in [6, 6.07) is 5.63. The quantitative estimate of drug-likeness (QED) is 0.581. The van der Waals surface area contributed by atoms with Gasteiger partial charge in [-0.2, -0.15) is 0 Å². The van der Waals surface area contributed by atoms with Crippen LogP contribution < -0.4 is 4.74 Å². The third-order valence-electron chi connectivity index (χ3n) is 4.86. The van der Waals surface area contributed by atoms with Gasteiger partial charge >= 0.3 is 5.97 Å². The zero-order chi connectivity index (χ0) is 18.3. The second-order valence-corrected chi connectivity index (χ2v) is 7.84. The summed E-state index contributed by atoms with van der Waals surface area (Å²) in [7, 11) is 0. The van der Waals surface area contributed by atoms with Crippen molar-refractivity contribution in [2.75, 3.05) is 6.61 Å². The Morgan fingerprint density at radius 3 is 2.77 bits per heavy atom. The first-order chi connectivity index (χ1) is 12.5. The molecule has 1 aromatic carbocycles. The smallest absolute Gasteiger partial charge is 0.342 e. The first-order valence-electron chi connectivity index (χ1n) is 8.84. The van der Waals surface area contributed by atoms with E-state index in [0.717, 1.165) is 40.3 Å². The number of rotatable bonds is 5. The first-order valence-corrected chi connectivity index (χ1v) is 9.66. The maximum atomic E-state index is 12.3. The van der Waals surface area contributed by atoms with Crippen molar-refractivity contribution in [3.8, 4) is 5.75 Å². The molecule has 0 N–H and O–H groups in total. The molecule has 0 atom stereocenters. The van der Waals surface area contributed by atoms with Gasteiger partial charge < -0.3 is 13.9 Å². The van der Waals surface area contributed by atoms with E-state index in [9.17, 15) is 4.79 Å². The average molecular weight is 371 g/mol. The van der Waals surface area contributed by atoms with Gasteiger partial charge in [0.1, 0.15) is 28.3 Å². The molecular weight excluding hydrogens is 350 g/mol. The molecule has 6 heteroatoms. The minimum atomic E-state index is -0.364. The Hall–Kier alpha value is -2.34. The molecule has 0 aliphatic heterocycles. The van der Waals surface area contributed by atoms with E-state index in [1.165, 1.54) is 0 Å². The van der Waals surface area contributed by atoms with Crippen LogP contribution in [0, 0.1) is 13.8 Å². The summed E-state index contributed by atoms with van der Waals surface area (Å²) >= 11 is 1.68. The number of aromatic nitrogens is 1. The predicted molar refractivity (Wildman–Crippen MR) is 99.9 cm³/mol. The summed E-state index contributed by atoms with van der Waals surface area (Å²) in [5, 5.41) is 1.77. The van der Waals surface area contributed by atoms with Crippen LogP contribution in [0.15, 0.2) is 28.8 Å². The third kappa shape index (κ3) is 2.78. The van der Waals surface area contributed by atoms with E-state index >= 15 is 0 Å². The molecule has 2 aromatic heterocycles. The highest BCUT2D eigenvalue weighted by atomic mass is 32.1. The molecule has 1 fully saturated rings. The molecule has 0 unspecified atom stereocenters. The predicted octanol–water partition coefficient (Wildman–Crippen LogP) is 5.14. The van der Waals surface area contributed by atoms with Crippen LogP contribution in [0.5, 0.6) is 5.75 Å². The minimum absolute atomic E-state index is 0.303. The lowest BCUT2D eigenvalue weighted by atomic mass is 9.79. The van der Waals surface area contributed by atoms with Crippen LogP contribution >= 0.6 is 11.3 Å². The molecule has 2 heterocycles. The van der Waals surface area contributed by atoms with E-state index in [4.69, 9.17) is 13.9 Å². The normalized spacial score (nSPS) is 15.7. The molecule has 0 saturated heterocycles. The number of thiazole rings is 1. The van der Waals surface area contributed by atoms with E-state index < -0.39 is 0 Å². The van der Waals surface area contributed by atoms with Crippen molar-refractivity contribution in [1.82, 2.24) is 4.98 Å². The highest BCUT2D eigenvalue weighted by Crippen LogP contribution is 2.47. The van der Waals surface area contributed by atoms with Crippen molar-refractivity contribution in [1.29, 1.82) is 0 Å². The van der Waals surface area contributed by atoms with Crippen LogP contribution in [0.2, 0.25) is 0 Å². The second kappa shape index (κ2) is 6.43. The van der Waals surface area contributed by atoms with Crippen LogP contribution in [-0.2, 0) is 10.3 Å². The summed E-state index contributed by atoms with van der Waals surface area (Å²) < 4.78 is 17.3. The van der Waals surface area contributed by atoms with Crippen LogP contribution in [0.1, 0.15) is 52.2 Å². The Morgan fingerprint density at radius 1 is 1.35 bits per heavy atom. The number of fused-ring (bicyclic) bond motifs is 1. The summed E-state index contributed by atoms with van der Waals surface area (Å²) in [6.45, 7) is 5.91. The SMILES string of the molecule is CCOC(=O)c1c(C)oc2ccc(OC3(c4cnc(C)s4)CCC3)cc12. The van der Waals surface area contributed by atoms with Crippen molar-refractivity contribution in [2.45, 2.75) is 45.6 Å². The van der Waals surface area contributed by atoms with Crippen molar-refractivity contribution >= 4 is 28.3 Å². The summed E-state index contributed by atoms with van der Waals surface area (Å²) in [4.78, 5) is 17.8. The van der Waals surface area contributed by atoms with Crippen molar-refractivity contribution in [3.05, 3.63) is 45.6 Å². The fourth-order valence-electron chi connectivity index (χ4n) is 3.41. The topological polar surface area (TPSA) is 61.6 Å². The Bertz CT molecular complexity index is 968. The highest BCUT2D eigenvalue weighted by molar-refractivity contribution is 7.11. The number of ether oxygens (including phenoxy) is 2. The molecule has 136 valence electrons. The van der Waals surface area contributed by atoms with Crippen LogP contribution in [0.4, 0.5) is 0 Å². The average Bonchev–Trinajstić information content (AvgIpc) is 3.13.